The zero-order chi connectivity index (χ0) is 15.9. The highest BCUT2D eigenvalue weighted by Crippen LogP contribution is 2.28. The first-order chi connectivity index (χ1) is 10.5. The number of urea groups is 1. The van der Waals surface area contributed by atoms with Gasteiger partial charge < -0.3 is 9.80 Å². The Kier molecular flexibility index (Phi) is 3.60. The zero-order valence-electron chi connectivity index (χ0n) is 12.8. The molecule has 116 valence electrons. The number of anilines is 1. The van der Waals surface area contributed by atoms with Gasteiger partial charge >= 0.3 is 6.03 Å². The number of benzene rings is 1. The Morgan fingerprint density at radius 1 is 1.23 bits per heavy atom. The molecule has 0 N–H and O–H groups in total. The van der Waals surface area contributed by atoms with Crippen molar-refractivity contribution in [2.45, 2.75) is 25.8 Å². The van der Waals surface area contributed by atoms with Gasteiger partial charge in [-0.1, -0.05) is 18.2 Å². The number of carbonyl (C=O) groups is 3. The SMILES string of the molecule is C[C@H](C(=O)N1CCCc2ccccc21)N1C(=O)CN(C)C1=O. The topological polar surface area (TPSA) is 60.9 Å². The molecule has 0 aromatic heterocycles. The zero-order valence-corrected chi connectivity index (χ0v) is 12.8. The number of nitrogens with zero attached hydrogens (tertiary/aromatic N) is 3. The van der Waals surface area contributed by atoms with Crippen LogP contribution in [0.2, 0.25) is 0 Å². The van der Waals surface area contributed by atoms with Gasteiger partial charge in [-0.3, -0.25) is 14.5 Å². The number of para-hydroxylation sites is 1. The number of aryl methyl sites for hydroxylation is 1. The third kappa shape index (κ3) is 2.24. The first kappa shape index (κ1) is 14.6. The van der Waals surface area contributed by atoms with E-state index in [1.165, 1.54) is 4.90 Å². The highest BCUT2D eigenvalue weighted by atomic mass is 16.2. The van der Waals surface area contributed by atoms with Crippen molar-refractivity contribution in [1.29, 1.82) is 0 Å². The van der Waals surface area contributed by atoms with Gasteiger partial charge in [-0.2, -0.15) is 0 Å². The summed E-state index contributed by atoms with van der Waals surface area (Å²) >= 11 is 0. The van der Waals surface area contributed by atoms with Crippen LogP contribution in [0.25, 0.3) is 0 Å². The van der Waals surface area contributed by atoms with Crippen LogP contribution in [0.1, 0.15) is 18.9 Å². The van der Waals surface area contributed by atoms with Gasteiger partial charge in [-0.15, -0.1) is 0 Å². The Morgan fingerprint density at radius 2 is 1.95 bits per heavy atom. The maximum Gasteiger partial charge on any atom is 0.327 e. The summed E-state index contributed by atoms with van der Waals surface area (Å²) in [5, 5.41) is 0. The Hall–Kier alpha value is -2.37. The summed E-state index contributed by atoms with van der Waals surface area (Å²) in [4.78, 5) is 40.9. The van der Waals surface area contributed by atoms with Crippen molar-refractivity contribution < 1.29 is 14.4 Å². The molecule has 0 bridgehead atoms. The minimum atomic E-state index is -0.781. The number of rotatable bonds is 2. The number of hydrogen-bond donors (Lipinski definition) is 0. The van der Waals surface area contributed by atoms with Crippen molar-refractivity contribution >= 4 is 23.5 Å². The molecule has 2 aliphatic heterocycles. The van der Waals surface area contributed by atoms with E-state index in [2.05, 4.69) is 0 Å². The molecule has 2 heterocycles. The number of likely N-dealkylation sites (N-methyl/N-ethyl adjacent to an activating group) is 1. The lowest BCUT2D eigenvalue weighted by atomic mass is 10.0. The lowest BCUT2D eigenvalue weighted by molar-refractivity contribution is -0.132. The third-order valence-electron chi connectivity index (χ3n) is 4.29. The van der Waals surface area contributed by atoms with Crippen LogP contribution in [-0.4, -0.2) is 53.8 Å². The molecule has 1 aromatic rings. The van der Waals surface area contributed by atoms with Gasteiger partial charge in [-0.25, -0.2) is 4.79 Å². The average molecular weight is 301 g/mol. The molecule has 6 nitrogen and oxygen atoms in total. The van der Waals surface area contributed by atoms with Crippen molar-refractivity contribution in [2.24, 2.45) is 0 Å². The molecule has 0 aliphatic carbocycles. The molecular formula is C16H19N3O3. The molecular weight excluding hydrogens is 282 g/mol. The monoisotopic (exact) mass is 301 g/mol. The van der Waals surface area contributed by atoms with E-state index in [0.717, 1.165) is 29.0 Å². The van der Waals surface area contributed by atoms with Crippen LogP contribution in [-0.2, 0) is 16.0 Å². The predicted molar refractivity (Wildman–Crippen MR) is 81.5 cm³/mol. The molecule has 1 aromatic carbocycles. The van der Waals surface area contributed by atoms with Crippen molar-refractivity contribution in [3.63, 3.8) is 0 Å². The van der Waals surface area contributed by atoms with E-state index < -0.39 is 12.1 Å². The molecule has 2 aliphatic rings. The van der Waals surface area contributed by atoms with Crippen molar-refractivity contribution in [3.05, 3.63) is 29.8 Å². The number of hydrogen-bond acceptors (Lipinski definition) is 3. The van der Waals surface area contributed by atoms with E-state index in [1.54, 1.807) is 18.9 Å². The Morgan fingerprint density at radius 3 is 2.64 bits per heavy atom. The van der Waals surface area contributed by atoms with E-state index in [9.17, 15) is 14.4 Å². The van der Waals surface area contributed by atoms with Crippen molar-refractivity contribution in [1.82, 2.24) is 9.80 Å². The Balaban J connectivity index is 1.86. The normalized spacial score (nSPS) is 19.5. The quantitative estimate of drug-likeness (QED) is 0.772. The minimum Gasteiger partial charge on any atom is -0.318 e. The molecule has 4 amide bonds. The molecule has 6 heteroatoms. The standard InChI is InChI=1S/C16H19N3O3/c1-11(19-14(20)10-17(2)16(19)22)15(21)18-9-5-7-12-6-3-4-8-13(12)18/h3-4,6,8,11H,5,7,9-10H2,1-2H3/t11-/m1/s1. The number of carbonyl (C=O) groups excluding carboxylic acids is 3. The summed E-state index contributed by atoms with van der Waals surface area (Å²) < 4.78 is 0. The Labute approximate surface area is 129 Å². The number of fused-ring (bicyclic) bond motifs is 1. The molecule has 0 unspecified atom stereocenters. The predicted octanol–water partition coefficient (Wildman–Crippen LogP) is 1.25. The molecule has 1 fully saturated rings. The summed E-state index contributed by atoms with van der Waals surface area (Å²) in [5.41, 5.74) is 2.02. The van der Waals surface area contributed by atoms with Crippen LogP contribution < -0.4 is 4.90 Å². The second-order valence-electron chi connectivity index (χ2n) is 5.80. The molecule has 0 saturated carbocycles. The van der Waals surface area contributed by atoms with E-state index in [1.807, 2.05) is 24.3 Å². The second-order valence-corrected chi connectivity index (χ2v) is 5.80. The van der Waals surface area contributed by atoms with Gasteiger partial charge in [0, 0.05) is 19.3 Å². The fraction of sp³-hybridized carbons (Fsp3) is 0.438. The van der Waals surface area contributed by atoms with Gasteiger partial charge in [0.2, 0.25) is 5.91 Å². The maximum atomic E-state index is 12.8. The smallest absolute Gasteiger partial charge is 0.318 e. The van der Waals surface area contributed by atoms with E-state index in [4.69, 9.17) is 0 Å². The molecule has 1 atom stereocenters. The molecule has 0 radical (unpaired) electrons. The van der Waals surface area contributed by atoms with E-state index >= 15 is 0 Å². The van der Waals surface area contributed by atoms with Crippen LogP contribution in [0, 0.1) is 0 Å². The highest BCUT2D eigenvalue weighted by molar-refractivity contribution is 6.08. The fourth-order valence-electron chi connectivity index (χ4n) is 3.12. The third-order valence-corrected chi connectivity index (χ3v) is 4.29. The second kappa shape index (κ2) is 5.44. The van der Waals surface area contributed by atoms with Gasteiger partial charge in [0.25, 0.3) is 5.91 Å². The van der Waals surface area contributed by atoms with E-state index in [0.29, 0.717) is 6.54 Å². The van der Waals surface area contributed by atoms with Crippen LogP contribution in [0.3, 0.4) is 0 Å². The summed E-state index contributed by atoms with van der Waals surface area (Å²) in [6, 6.07) is 6.60. The average Bonchev–Trinajstić information content (AvgIpc) is 2.78. The van der Waals surface area contributed by atoms with Gasteiger partial charge in [0.05, 0.1) is 0 Å². The first-order valence-corrected chi connectivity index (χ1v) is 7.47. The molecule has 3 rings (SSSR count). The van der Waals surface area contributed by atoms with Crippen molar-refractivity contribution in [2.75, 3.05) is 25.0 Å². The first-order valence-electron chi connectivity index (χ1n) is 7.47. The van der Waals surface area contributed by atoms with Gasteiger partial charge in [0.1, 0.15) is 12.6 Å². The molecule has 22 heavy (non-hydrogen) atoms. The number of amides is 4. The van der Waals surface area contributed by atoms with Gasteiger partial charge in [-0.05, 0) is 31.4 Å². The van der Waals surface area contributed by atoms with E-state index in [-0.39, 0.29) is 18.4 Å². The fourth-order valence-corrected chi connectivity index (χ4v) is 3.12. The van der Waals surface area contributed by atoms with Crippen LogP contribution >= 0.6 is 0 Å². The van der Waals surface area contributed by atoms with Crippen LogP contribution in [0.5, 0.6) is 0 Å². The summed E-state index contributed by atoms with van der Waals surface area (Å²) in [6.45, 7) is 2.27. The summed E-state index contributed by atoms with van der Waals surface area (Å²) in [6.07, 6.45) is 1.83. The molecule has 1 saturated heterocycles. The summed E-state index contributed by atoms with van der Waals surface area (Å²) in [5.74, 6) is -0.525. The Bertz CT molecular complexity index is 643. The number of imide groups is 1. The summed E-state index contributed by atoms with van der Waals surface area (Å²) in [7, 11) is 1.56. The van der Waals surface area contributed by atoms with Crippen LogP contribution in [0.15, 0.2) is 24.3 Å². The lowest BCUT2D eigenvalue weighted by Crippen LogP contribution is -2.51. The van der Waals surface area contributed by atoms with Crippen molar-refractivity contribution in [3.8, 4) is 0 Å². The lowest BCUT2D eigenvalue weighted by Gasteiger charge is -2.33. The maximum absolute atomic E-state index is 12.8. The molecule has 0 spiro atoms. The van der Waals surface area contributed by atoms with Crippen LogP contribution in [0.4, 0.5) is 10.5 Å². The minimum absolute atomic E-state index is 0.0348. The highest BCUT2D eigenvalue weighted by Gasteiger charge is 2.41. The largest absolute Gasteiger partial charge is 0.327 e. The van der Waals surface area contributed by atoms with Gasteiger partial charge in [0.15, 0.2) is 0 Å².